The molecule has 2 aromatic rings. The highest BCUT2D eigenvalue weighted by molar-refractivity contribution is 5.97. The van der Waals surface area contributed by atoms with Gasteiger partial charge >= 0.3 is 5.97 Å². The standard InChI is InChI=1S/C22H24N2O4/c25-20(23-14-15-5-2-1-3-6-15)18-7-4-8-19(13-18)24-21(26)16-9-11-17(12-10-16)22(27)28/h1-8,13,16-17H,9-12,14H2,(H,23,25)(H,24,26)(H,27,28). The molecule has 1 fully saturated rings. The highest BCUT2D eigenvalue weighted by Crippen LogP contribution is 2.29. The highest BCUT2D eigenvalue weighted by atomic mass is 16.4. The molecule has 3 rings (SSSR count). The lowest BCUT2D eigenvalue weighted by molar-refractivity contribution is -0.143. The van der Waals surface area contributed by atoms with Gasteiger partial charge in [0.1, 0.15) is 0 Å². The first-order valence-corrected chi connectivity index (χ1v) is 9.49. The van der Waals surface area contributed by atoms with Crippen molar-refractivity contribution in [1.29, 1.82) is 0 Å². The van der Waals surface area contributed by atoms with Crippen LogP contribution in [0.2, 0.25) is 0 Å². The van der Waals surface area contributed by atoms with Gasteiger partial charge in [-0.05, 0) is 49.4 Å². The van der Waals surface area contributed by atoms with Crippen molar-refractivity contribution in [2.24, 2.45) is 11.8 Å². The van der Waals surface area contributed by atoms with Crippen molar-refractivity contribution in [3.63, 3.8) is 0 Å². The summed E-state index contributed by atoms with van der Waals surface area (Å²) < 4.78 is 0. The number of amides is 2. The molecule has 0 aliphatic heterocycles. The van der Waals surface area contributed by atoms with Crippen LogP contribution >= 0.6 is 0 Å². The Morgan fingerprint density at radius 2 is 1.57 bits per heavy atom. The molecule has 2 amide bonds. The van der Waals surface area contributed by atoms with Gasteiger partial charge in [0.05, 0.1) is 5.92 Å². The van der Waals surface area contributed by atoms with Crippen molar-refractivity contribution < 1.29 is 19.5 Å². The fourth-order valence-electron chi connectivity index (χ4n) is 3.47. The number of hydrogen-bond acceptors (Lipinski definition) is 3. The number of carboxylic acids is 1. The third-order valence-corrected chi connectivity index (χ3v) is 5.14. The maximum atomic E-state index is 12.5. The number of carbonyl (C=O) groups excluding carboxylic acids is 2. The minimum Gasteiger partial charge on any atom is -0.481 e. The van der Waals surface area contributed by atoms with Crippen LogP contribution in [0.4, 0.5) is 5.69 Å². The van der Waals surface area contributed by atoms with E-state index in [0.29, 0.717) is 43.5 Å². The van der Waals surface area contributed by atoms with Crippen LogP contribution in [0, 0.1) is 11.8 Å². The predicted octanol–water partition coefficient (Wildman–Crippen LogP) is 3.45. The maximum absolute atomic E-state index is 12.5. The van der Waals surface area contributed by atoms with E-state index in [9.17, 15) is 14.4 Å². The molecule has 2 aromatic carbocycles. The fourth-order valence-corrected chi connectivity index (χ4v) is 3.47. The lowest BCUT2D eigenvalue weighted by Crippen LogP contribution is -2.29. The van der Waals surface area contributed by atoms with Crippen LogP contribution in [0.3, 0.4) is 0 Å². The van der Waals surface area contributed by atoms with E-state index >= 15 is 0 Å². The molecule has 1 aliphatic carbocycles. The Kier molecular flexibility index (Phi) is 6.42. The van der Waals surface area contributed by atoms with Crippen molar-refractivity contribution in [3.05, 3.63) is 65.7 Å². The number of nitrogens with one attached hydrogen (secondary N) is 2. The van der Waals surface area contributed by atoms with Crippen LogP contribution in [0.15, 0.2) is 54.6 Å². The largest absolute Gasteiger partial charge is 0.481 e. The lowest BCUT2D eigenvalue weighted by atomic mass is 9.81. The predicted molar refractivity (Wildman–Crippen MR) is 106 cm³/mol. The third kappa shape index (κ3) is 5.19. The third-order valence-electron chi connectivity index (χ3n) is 5.14. The number of anilines is 1. The Labute approximate surface area is 164 Å². The Balaban J connectivity index is 1.55. The van der Waals surface area contributed by atoms with Gasteiger partial charge in [0, 0.05) is 23.7 Å². The van der Waals surface area contributed by atoms with Gasteiger partial charge in [-0.25, -0.2) is 0 Å². The van der Waals surface area contributed by atoms with Crippen LogP contribution in [0.1, 0.15) is 41.6 Å². The first-order chi connectivity index (χ1) is 13.5. The van der Waals surface area contributed by atoms with Crippen LogP contribution in [0.5, 0.6) is 0 Å². The second kappa shape index (κ2) is 9.17. The number of carbonyl (C=O) groups is 3. The molecule has 3 N–H and O–H groups in total. The number of carboxylic acid groups (broad SMARTS) is 1. The number of aliphatic carboxylic acids is 1. The molecule has 0 bridgehead atoms. The summed E-state index contributed by atoms with van der Waals surface area (Å²) in [5.41, 5.74) is 2.05. The van der Waals surface area contributed by atoms with E-state index in [-0.39, 0.29) is 23.7 Å². The number of rotatable bonds is 6. The summed E-state index contributed by atoms with van der Waals surface area (Å²) in [6.45, 7) is 0.434. The molecule has 0 spiro atoms. The van der Waals surface area contributed by atoms with Gasteiger partial charge in [-0.3, -0.25) is 14.4 Å². The summed E-state index contributed by atoms with van der Waals surface area (Å²) in [4.78, 5) is 35.9. The summed E-state index contributed by atoms with van der Waals surface area (Å²) in [6, 6.07) is 16.5. The second-order valence-electron chi connectivity index (χ2n) is 7.13. The van der Waals surface area contributed by atoms with Gasteiger partial charge in [-0.15, -0.1) is 0 Å². The quantitative estimate of drug-likeness (QED) is 0.715. The molecular weight excluding hydrogens is 356 g/mol. The molecule has 0 radical (unpaired) electrons. The molecule has 146 valence electrons. The average molecular weight is 380 g/mol. The topological polar surface area (TPSA) is 95.5 Å². The van der Waals surface area contributed by atoms with E-state index in [4.69, 9.17) is 5.11 Å². The van der Waals surface area contributed by atoms with E-state index in [2.05, 4.69) is 10.6 Å². The fraction of sp³-hybridized carbons (Fsp3) is 0.318. The first kappa shape index (κ1) is 19.6. The van der Waals surface area contributed by atoms with E-state index < -0.39 is 5.97 Å². The molecule has 6 heteroatoms. The van der Waals surface area contributed by atoms with Crippen molar-refractivity contribution in [1.82, 2.24) is 5.32 Å². The van der Waals surface area contributed by atoms with Crippen LogP contribution in [0.25, 0.3) is 0 Å². The SMILES string of the molecule is O=C(NCc1ccccc1)c1cccc(NC(=O)C2CCC(C(=O)O)CC2)c1. The summed E-state index contributed by atoms with van der Waals surface area (Å²) >= 11 is 0. The molecule has 1 aliphatic rings. The van der Waals surface area contributed by atoms with Crippen molar-refractivity contribution >= 4 is 23.5 Å². The first-order valence-electron chi connectivity index (χ1n) is 9.49. The molecule has 0 heterocycles. The Morgan fingerprint density at radius 3 is 2.25 bits per heavy atom. The smallest absolute Gasteiger partial charge is 0.306 e. The molecule has 6 nitrogen and oxygen atoms in total. The minimum absolute atomic E-state index is 0.120. The summed E-state index contributed by atoms with van der Waals surface area (Å²) in [5, 5.41) is 14.8. The molecule has 1 saturated carbocycles. The number of hydrogen-bond donors (Lipinski definition) is 3. The maximum Gasteiger partial charge on any atom is 0.306 e. The van der Waals surface area contributed by atoms with E-state index in [1.54, 1.807) is 24.3 Å². The van der Waals surface area contributed by atoms with E-state index in [1.165, 1.54) is 0 Å². The van der Waals surface area contributed by atoms with Gasteiger partial charge in [0.25, 0.3) is 5.91 Å². The van der Waals surface area contributed by atoms with Crippen molar-refractivity contribution in [2.75, 3.05) is 5.32 Å². The van der Waals surface area contributed by atoms with Gasteiger partial charge in [0.2, 0.25) is 5.91 Å². The molecule has 0 aromatic heterocycles. The molecular formula is C22H24N2O4. The Morgan fingerprint density at radius 1 is 0.893 bits per heavy atom. The second-order valence-corrected chi connectivity index (χ2v) is 7.13. The van der Waals surface area contributed by atoms with Crippen molar-refractivity contribution in [3.8, 4) is 0 Å². The monoisotopic (exact) mass is 380 g/mol. The summed E-state index contributed by atoms with van der Waals surface area (Å²) in [6.07, 6.45) is 2.19. The van der Waals surface area contributed by atoms with Gasteiger partial charge in [0.15, 0.2) is 0 Å². The van der Waals surface area contributed by atoms with Crippen LogP contribution in [-0.4, -0.2) is 22.9 Å². The summed E-state index contributed by atoms with van der Waals surface area (Å²) in [5.74, 6) is -1.65. The van der Waals surface area contributed by atoms with Gasteiger partial charge < -0.3 is 15.7 Å². The van der Waals surface area contributed by atoms with E-state index in [0.717, 1.165) is 5.56 Å². The summed E-state index contributed by atoms with van der Waals surface area (Å²) in [7, 11) is 0. The van der Waals surface area contributed by atoms with Gasteiger partial charge in [-0.1, -0.05) is 36.4 Å². The van der Waals surface area contributed by atoms with Crippen molar-refractivity contribution in [2.45, 2.75) is 32.2 Å². The minimum atomic E-state index is -0.784. The zero-order chi connectivity index (χ0) is 19.9. The van der Waals surface area contributed by atoms with Crippen LogP contribution in [-0.2, 0) is 16.1 Å². The molecule has 0 atom stereocenters. The number of benzene rings is 2. The molecule has 0 saturated heterocycles. The average Bonchev–Trinajstić information content (AvgIpc) is 2.73. The molecule has 0 unspecified atom stereocenters. The zero-order valence-corrected chi connectivity index (χ0v) is 15.6. The normalized spacial score (nSPS) is 18.9. The molecule has 28 heavy (non-hydrogen) atoms. The zero-order valence-electron chi connectivity index (χ0n) is 15.6. The van der Waals surface area contributed by atoms with E-state index in [1.807, 2.05) is 30.3 Å². The highest BCUT2D eigenvalue weighted by Gasteiger charge is 2.29. The van der Waals surface area contributed by atoms with Crippen LogP contribution < -0.4 is 10.6 Å². The Bertz CT molecular complexity index is 843. The lowest BCUT2D eigenvalue weighted by Gasteiger charge is -2.25. The van der Waals surface area contributed by atoms with Gasteiger partial charge in [-0.2, -0.15) is 0 Å². The Hall–Kier alpha value is -3.15.